The summed E-state index contributed by atoms with van der Waals surface area (Å²) in [4.78, 5) is 19.5. The Morgan fingerprint density at radius 1 is 1.36 bits per heavy atom. The van der Waals surface area contributed by atoms with Crippen LogP contribution in [-0.2, 0) is 11.3 Å². The third kappa shape index (κ3) is 5.55. The van der Waals surface area contributed by atoms with Gasteiger partial charge >= 0.3 is 12.0 Å². The molecule has 0 amide bonds. The molecule has 0 unspecified atom stereocenters. The van der Waals surface area contributed by atoms with Gasteiger partial charge in [0.05, 0.1) is 35.9 Å². The van der Waals surface area contributed by atoms with Gasteiger partial charge in [-0.2, -0.15) is 4.80 Å². The van der Waals surface area contributed by atoms with Gasteiger partial charge in [0.2, 0.25) is 5.82 Å². The van der Waals surface area contributed by atoms with Gasteiger partial charge in [-0.05, 0) is 17.3 Å². The monoisotopic (exact) mass is 429 g/mol. The van der Waals surface area contributed by atoms with E-state index in [2.05, 4.69) is 25.4 Å². The van der Waals surface area contributed by atoms with Crippen molar-refractivity contribution in [3.05, 3.63) is 41.4 Å². The van der Waals surface area contributed by atoms with E-state index in [1.54, 1.807) is 0 Å². The lowest BCUT2D eigenvalue weighted by molar-refractivity contribution is -0.137. The molecule has 3 aromatic rings. The number of carboxylic acid groups (broad SMARTS) is 1. The second-order valence-corrected chi connectivity index (χ2v) is 5.89. The largest absolute Gasteiger partial charge is 0.481 e. The van der Waals surface area contributed by atoms with Crippen LogP contribution in [0.4, 0.5) is 4.39 Å². The minimum absolute atomic E-state index is 0. The molecular formula is C15H14Cl2FN7O3. The smallest absolute Gasteiger partial charge is 0.321 e. The first kappa shape index (κ1) is 21.4. The number of nitrogens with two attached hydrogens (primary N) is 1. The second-order valence-electron chi connectivity index (χ2n) is 5.45. The number of tetrazole rings is 1. The number of carbonyl (C=O) groups is 1. The molecular weight excluding hydrogens is 416 g/mol. The number of aliphatic carboxylic acids is 1. The normalized spacial score (nSPS) is 11.5. The number of halogens is 3. The Hall–Kier alpha value is -2.89. The van der Waals surface area contributed by atoms with Crippen molar-refractivity contribution in [3.8, 4) is 23.1 Å². The Morgan fingerprint density at radius 3 is 2.71 bits per heavy atom. The minimum atomic E-state index is -1.03. The Balaban J connectivity index is 0.00000280. The fourth-order valence-corrected chi connectivity index (χ4v) is 2.22. The Morgan fingerprint density at radius 2 is 2.07 bits per heavy atom. The van der Waals surface area contributed by atoms with Crippen LogP contribution in [-0.4, -0.2) is 47.3 Å². The number of hydrogen-bond acceptors (Lipinski definition) is 8. The van der Waals surface area contributed by atoms with E-state index in [1.807, 2.05) is 0 Å². The molecule has 0 radical (unpaired) electrons. The first-order valence-corrected chi connectivity index (χ1v) is 7.99. The van der Waals surface area contributed by atoms with Crippen molar-refractivity contribution in [2.75, 3.05) is 0 Å². The fourth-order valence-electron chi connectivity index (χ4n) is 2.13. The maximum absolute atomic E-state index is 14.4. The average molecular weight is 430 g/mol. The Bertz CT molecular complexity index is 955. The molecule has 3 N–H and O–H groups in total. The molecule has 0 aliphatic rings. The number of carboxylic acids is 1. The number of nitrogens with zero attached hydrogens (tertiary/aromatic N) is 6. The molecule has 0 bridgehead atoms. The van der Waals surface area contributed by atoms with E-state index in [4.69, 9.17) is 27.2 Å². The first-order chi connectivity index (χ1) is 12.9. The van der Waals surface area contributed by atoms with Crippen molar-refractivity contribution < 1.29 is 19.0 Å². The van der Waals surface area contributed by atoms with E-state index >= 15 is 0 Å². The summed E-state index contributed by atoms with van der Waals surface area (Å²) in [6.07, 6.45) is 2.46. The lowest BCUT2D eigenvalue weighted by atomic mass is 10.2. The maximum atomic E-state index is 14.4. The molecule has 0 fully saturated rings. The van der Waals surface area contributed by atoms with Crippen LogP contribution in [0.1, 0.15) is 6.42 Å². The van der Waals surface area contributed by atoms with Gasteiger partial charge in [-0.25, -0.2) is 14.4 Å². The van der Waals surface area contributed by atoms with Crippen molar-refractivity contribution in [2.24, 2.45) is 5.73 Å². The summed E-state index contributed by atoms with van der Waals surface area (Å²) in [6, 6.07) is 3.36. The fraction of sp³-hybridized carbons (Fsp3) is 0.200. The van der Waals surface area contributed by atoms with Gasteiger partial charge in [-0.3, -0.25) is 4.79 Å². The minimum Gasteiger partial charge on any atom is -0.481 e. The molecule has 0 aliphatic carbocycles. The van der Waals surface area contributed by atoms with Crippen LogP contribution in [0.15, 0.2) is 30.6 Å². The zero-order valence-corrected chi connectivity index (χ0v) is 15.6. The molecule has 2 heterocycles. The zero-order chi connectivity index (χ0) is 19.4. The molecule has 10 nitrogen and oxygen atoms in total. The lowest BCUT2D eigenvalue weighted by Gasteiger charge is -2.06. The first-order valence-electron chi connectivity index (χ1n) is 7.61. The number of aromatic nitrogens is 6. The molecule has 0 saturated heterocycles. The summed E-state index contributed by atoms with van der Waals surface area (Å²) in [7, 11) is 0. The van der Waals surface area contributed by atoms with Crippen LogP contribution in [0.25, 0.3) is 11.4 Å². The molecule has 3 rings (SSSR count). The molecule has 0 saturated carbocycles. The maximum Gasteiger partial charge on any atom is 0.321 e. The SMILES string of the molecule is Cl.N[C@@H](CC(=O)O)Cn1nnc(-c2ccc(Oc3ncc(Cl)cn3)cc2F)n1. The molecule has 148 valence electrons. The van der Waals surface area contributed by atoms with E-state index < -0.39 is 17.8 Å². The third-order valence-corrected chi connectivity index (χ3v) is 3.47. The Kier molecular flexibility index (Phi) is 7.15. The van der Waals surface area contributed by atoms with Crippen LogP contribution in [0.5, 0.6) is 11.8 Å². The van der Waals surface area contributed by atoms with E-state index in [9.17, 15) is 9.18 Å². The topological polar surface area (TPSA) is 142 Å². The predicted octanol–water partition coefficient (Wildman–Crippen LogP) is 1.94. The number of benzene rings is 1. The van der Waals surface area contributed by atoms with Gasteiger partial charge in [0, 0.05) is 12.1 Å². The summed E-state index contributed by atoms with van der Waals surface area (Å²) in [5.41, 5.74) is 5.76. The van der Waals surface area contributed by atoms with Gasteiger partial charge in [0.1, 0.15) is 11.6 Å². The van der Waals surface area contributed by atoms with Gasteiger partial charge in [0.25, 0.3) is 0 Å². The summed E-state index contributed by atoms with van der Waals surface area (Å²) in [6.45, 7) is 0.0377. The highest BCUT2D eigenvalue weighted by molar-refractivity contribution is 6.30. The highest BCUT2D eigenvalue weighted by Crippen LogP contribution is 2.25. The van der Waals surface area contributed by atoms with Crippen molar-refractivity contribution >= 4 is 30.0 Å². The number of ether oxygens (including phenoxy) is 1. The quantitative estimate of drug-likeness (QED) is 0.575. The van der Waals surface area contributed by atoms with Crippen molar-refractivity contribution in [3.63, 3.8) is 0 Å². The molecule has 1 aromatic carbocycles. The Labute approximate surface area is 168 Å². The van der Waals surface area contributed by atoms with E-state index in [1.165, 1.54) is 24.5 Å². The van der Waals surface area contributed by atoms with Crippen LogP contribution in [0.3, 0.4) is 0 Å². The third-order valence-electron chi connectivity index (χ3n) is 3.27. The van der Waals surface area contributed by atoms with Crippen LogP contribution in [0.2, 0.25) is 5.02 Å². The zero-order valence-electron chi connectivity index (χ0n) is 14.1. The second kappa shape index (κ2) is 9.35. The van der Waals surface area contributed by atoms with Crippen LogP contribution < -0.4 is 10.5 Å². The highest BCUT2D eigenvalue weighted by atomic mass is 35.5. The van der Waals surface area contributed by atoms with Crippen LogP contribution in [0, 0.1) is 5.82 Å². The molecule has 28 heavy (non-hydrogen) atoms. The molecule has 0 spiro atoms. The lowest BCUT2D eigenvalue weighted by Crippen LogP contribution is -2.30. The van der Waals surface area contributed by atoms with Gasteiger partial charge in [0.15, 0.2) is 0 Å². The predicted molar refractivity (Wildman–Crippen MR) is 97.8 cm³/mol. The molecule has 13 heteroatoms. The van der Waals surface area contributed by atoms with E-state index in [0.29, 0.717) is 5.02 Å². The van der Waals surface area contributed by atoms with Gasteiger partial charge in [-0.15, -0.1) is 22.6 Å². The standard InChI is InChI=1S/C15H13ClFN7O3.ClH/c16-8-5-19-15(20-6-8)27-10-1-2-11(12(17)4-10)14-21-23-24(22-14)7-9(18)3-13(25)26;/h1-2,4-6,9H,3,7,18H2,(H,25,26);1H/t9-;/m0./s1. The highest BCUT2D eigenvalue weighted by Gasteiger charge is 2.15. The summed E-state index contributed by atoms with van der Waals surface area (Å²) < 4.78 is 19.7. The van der Waals surface area contributed by atoms with E-state index in [0.717, 1.165) is 10.9 Å². The molecule has 0 aliphatic heterocycles. The summed E-state index contributed by atoms with van der Waals surface area (Å²) >= 11 is 5.69. The van der Waals surface area contributed by atoms with Crippen molar-refractivity contribution in [1.82, 2.24) is 30.2 Å². The average Bonchev–Trinajstić information content (AvgIpc) is 3.04. The summed E-state index contributed by atoms with van der Waals surface area (Å²) in [5, 5.41) is 20.6. The number of rotatable bonds is 7. The number of hydrogen-bond donors (Lipinski definition) is 2. The van der Waals surface area contributed by atoms with Gasteiger partial charge < -0.3 is 15.6 Å². The van der Waals surface area contributed by atoms with E-state index in [-0.39, 0.29) is 48.5 Å². The van der Waals surface area contributed by atoms with Gasteiger partial charge in [-0.1, -0.05) is 11.6 Å². The summed E-state index contributed by atoms with van der Waals surface area (Å²) in [5.74, 6) is -1.47. The molecule has 2 aromatic heterocycles. The van der Waals surface area contributed by atoms with Crippen molar-refractivity contribution in [2.45, 2.75) is 19.0 Å². The molecule has 1 atom stereocenters. The van der Waals surface area contributed by atoms with Crippen molar-refractivity contribution in [1.29, 1.82) is 0 Å². The van der Waals surface area contributed by atoms with Crippen LogP contribution >= 0.6 is 24.0 Å².